The quantitative estimate of drug-likeness (QED) is 0.236. The number of nitrogens with zero attached hydrogens (tertiary/aromatic N) is 2. The van der Waals surface area contributed by atoms with Gasteiger partial charge in [0.15, 0.2) is 0 Å². The van der Waals surface area contributed by atoms with Crippen LogP contribution >= 0.6 is 22.6 Å². The molecule has 0 bridgehead atoms. The second kappa shape index (κ2) is 11.3. The van der Waals surface area contributed by atoms with Crippen LogP contribution in [0.3, 0.4) is 0 Å². The summed E-state index contributed by atoms with van der Waals surface area (Å²) in [5.74, 6) is -0.825. The third-order valence-electron chi connectivity index (χ3n) is 4.72. The van der Waals surface area contributed by atoms with Crippen molar-refractivity contribution in [2.45, 2.75) is 6.92 Å². The Morgan fingerprint density at radius 3 is 2.24 bits per heavy atom. The predicted octanol–water partition coefficient (Wildman–Crippen LogP) is 3.85. The maximum absolute atomic E-state index is 12.5. The fraction of sp³-hybridized carbons (Fsp3) is 0.125. The first-order chi connectivity index (χ1) is 16.1. The predicted molar refractivity (Wildman–Crippen MR) is 143 cm³/mol. The molecule has 0 aliphatic carbocycles. The molecule has 0 spiro atoms. The minimum absolute atomic E-state index is 0.239. The van der Waals surface area contributed by atoms with Crippen LogP contribution in [-0.4, -0.2) is 38.7 Å². The first-order valence-electron chi connectivity index (χ1n) is 10.2. The number of carbonyl (C=O) groups excluding carboxylic acids is 2. The van der Waals surface area contributed by atoms with E-state index in [1.807, 2.05) is 6.07 Å². The number of sulfonamides is 1. The molecule has 0 atom stereocenters. The van der Waals surface area contributed by atoms with Crippen LogP contribution in [0.25, 0.3) is 0 Å². The van der Waals surface area contributed by atoms with Gasteiger partial charge in [0, 0.05) is 14.8 Å². The van der Waals surface area contributed by atoms with E-state index >= 15 is 0 Å². The second-order valence-electron chi connectivity index (χ2n) is 7.38. The van der Waals surface area contributed by atoms with Crippen molar-refractivity contribution < 1.29 is 18.0 Å². The Labute approximate surface area is 212 Å². The van der Waals surface area contributed by atoms with Crippen molar-refractivity contribution in [2.24, 2.45) is 5.10 Å². The maximum atomic E-state index is 12.5. The summed E-state index contributed by atoms with van der Waals surface area (Å²) in [7, 11) is -3.68. The van der Waals surface area contributed by atoms with Crippen molar-refractivity contribution in [1.29, 1.82) is 0 Å². The highest BCUT2D eigenvalue weighted by Crippen LogP contribution is 2.19. The van der Waals surface area contributed by atoms with Gasteiger partial charge in [-0.25, -0.2) is 13.8 Å². The van der Waals surface area contributed by atoms with Crippen LogP contribution in [0.2, 0.25) is 0 Å². The number of anilines is 2. The lowest BCUT2D eigenvalue weighted by Crippen LogP contribution is -2.39. The molecule has 0 radical (unpaired) electrons. The van der Waals surface area contributed by atoms with Crippen molar-refractivity contribution in [1.82, 2.24) is 5.43 Å². The van der Waals surface area contributed by atoms with E-state index in [0.29, 0.717) is 28.2 Å². The first kappa shape index (κ1) is 25.4. The van der Waals surface area contributed by atoms with Crippen LogP contribution in [0.4, 0.5) is 11.4 Å². The number of benzene rings is 3. The Kier molecular flexibility index (Phi) is 8.40. The number of amides is 2. The smallest absolute Gasteiger partial charge is 0.260 e. The molecular formula is C24H23IN4O4S. The fourth-order valence-corrected chi connectivity index (χ4v) is 4.21. The molecule has 0 aliphatic heterocycles. The van der Waals surface area contributed by atoms with E-state index in [2.05, 4.69) is 38.4 Å². The van der Waals surface area contributed by atoms with Gasteiger partial charge in [-0.2, -0.15) is 5.10 Å². The lowest BCUT2D eigenvalue weighted by atomic mass is 10.1. The van der Waals surface area contributed by atoms with E-state index in [4.69, 9.17) is 0 Å². The van der Waals surface area contributed by atoms with Crippen LogP contribution in [-0.2, 0) is 14.8 Å². The molecule has 176 valence electrons. The molecule has 0 aromatic heterocycles. The number of rotatable bonds is 8. The van der Waals surface area contributed by atoms with Gasteiger partial charge in [0.1, 0.15) is 6.54 Å². The molecule has 10 heteroatoms. The Morgan fingerprint density at radius 2 is 1.59 bits per heavy atom. The van der Waals surface area contributed by atoms with Gasteiger partial charge in [-0.1, -0.05) is 30.3 Å². The van der Waals surface area contributed by atoms with Crippen LogP contribution in [0.15, 0.2) is 84.0 Å². The Morgan fingerprint density at radius 1 is 0.941 bits per heavy atom. The second-order valence-corrected chi connectivity index (χ2v) is 10.5. The molecule has 3 rings (SSSR count). The zero-order chi connectivity index (χ0) is 24.7. The van der Waals surface area contributed by atoms with Gasteiger partial charge in [0.25, 0.3) is 11.8 Å². The number of hydrogen-bond donors (Lipinski definition) is 2. The summed E-state index contributed by atoms with van der Waals surface area (Å²) in [6.45, 7) is 1.29. The fourth-order valence-electron chi connectivity index (χ4n) is 3.00. The normalized spacial score (nSPS) is 11.6. The standard InChI is InChI=1S/C24H23IN4O4S/c1-17(19-9-6-10-21(15-19)26-24(31)18-7-4-3-5-8-18)27-28-23(30)16-29(34(2,32)33)22-13-11-20(25)12-14-22/h3-15H,16H2,1-2H3,(H,26,31)(H,28,30)/b27-17-. The Hall–Kier alpha value is -3.25. The minimum atomic E-state index is -3.68. The van der Waals surface area contributed by atoms with E-state index in [-0.39, 0.29) is 5.91 Å². The van der Waals surface area contributed by atoms with Crippen molar-refractivity contribution in [3.63, 3.8) is 0 Å². The molecular weight excluding hydrogens is 567 g/mol. The summed E-state index contributed by atoms with van der Waals surface area (Å²) in [5.41, 5.74) is 5.08. The maximum Gasteiger partial charge on any atom is 0.260 e. The average molecular weight is 590 g/mol. The van der Waals surface area contributed by atoms with Gasteiger partial charge in [0.05, 0.1) is 17.7 Å². The monoisotopic (exact) mass is 590 g/mol. The SMILES string of the molecule is C/C(=N/NC(=O)CN(c1ccc(I)cc1)S(C)(=O)=O)c1cccc(NC(=O)c2ccccc2)c1. The van der Waals surface area contributed by atoms with Gasteiger partial charge >= 0.3 is 0 Å². The van der Waals surface area contributed by atoms with Crippen molar-refractivity contribution in [3.05, 3.63) is 93.6 Å². The Bertz CT molecular complexity index is 1310. The van der Waals surface area contributed by atoms with E-state index < -0.39 is 22.5 Å². The van der Waals surface area contributed by atoms with E-state index in [1.165, 1.54) is 0 Å². The molecule has 3 aromatic carbocycles. The molecule has 2 N–H and O–H groups in total. The number of nitrogens with one attached hydrogen (secondary N) is 2. The highest BCUT2D eigenvalue weighted by molar-refractivity contribution is 14.1. The molecule has 0 unspecified atom stereocenters. The molecule has 8 nitrogen and oxygen atoms in total. The van der Waals surface area contributed by atoms with Crippen molar-refractivity contribution in [2.75, 3.05) is 22.4 Å². The highest BCUT2D eigenvalue weighted by atomic mass is 127. The van der Waals surface area contributed by atoms with Crippen molar-refractivity contribution in [3.8, 4) is 0 Å². The number of hydrogen-bond acceptors (Lipinski definition) is 5. The molecule has 0 aliphatic rings. The summed E-state index contributed by atoms with van der Waals surface area (Å²) in [4.78, 5) is 24.8. The van der Waals surface area contributed by atoms with Gasteiger partial charge < -0.3 is 5.32 Å². The largest absolute Gasteiger partial charge is 0.322 e. The van der Waals surface area contributed by atoms with Gasteiger partial charge in [-0.3, -0.25) is 13.9 Å². The first-order valence-corrected chi connectivity index (χ1v) is 13.1. The zero-order valence-corrected chi connectivity index (χ0v) is 21.5. The van der Waals surface area contributed by atoms with Crippen molar-refractivity contribution >= 4 is 61.5 Å². The lowest BCUT2D eigenvalue weighted by Gasteiger charge is -2.21. The molecule has 0 heterocycles. The van der Waals surface area contributed by atoms with E-state index in [9.17, 15) is 18.0 Å². The van der Waals surface area contributed by atoms with Gasteiger partial charge in [0.2, 0.25) is 10.0 Å². The van der Waals surface area contributed by atoms with Crippen LogP contribution in [0.1, 0.15) is 22.8 Å². The molecule has 2 amide bonds. The zero-order valence-electron chi connectivity index (χ0n) is 18.5. The molecule has 3 aromatic rings. The van der Waals surface area contributed by atoms with Gasteiger partial charge in [-0.05, 0) is 83.6 Å². The highest BCUT2D eigenvalue weighted by Gasteiger charge is 2.20. The molecule has 0 saturated carbocycles. The van der Waals surface area contributed by atoms with Crippen LogP contribution in [0.5, 0.6) is 0 Å². The Balaban J connectivity index is 1.68. The third kappa shape index (κ3) is 7.12. The van der Waals surface area contributed by atoms with Crippen LogP contribution in [0, 0.1) is 3.57 Å². The topological polar surface area (TPSA) is 108 Å². The average Bonchev–Trinajstić information content (AvgIpc) is 2.81. The number of halogens is 1. The summed E-state index contributed by atoms with van der Waals surface area (Å²) >= 11 is 2.12. The number of hydrazone groups is 1. The summed E-state index contributed by atoms with van der Waals surface area (Å²) in [6.07, 6.45) is 1.04. The molecule has 0 fully saturated rings. The minimum Gasteiger partial charge on any atom is -0.322 e. The summed E-state index contributed by atoms with van der Waals surface area (Å²) < 4.78 is 26.4. The summed E-state index contributed by atoms with van der Waals surface area (Å²) in [6, 6.07) is 22.7. The molecule has 0 saturated heterocycles. The summed E-state index contributed by atoms with van der Waals surface area (Å²) in [5, 5.41) is 6.93. The van der Waals surface area contributed by atoms with E-state index in [1.54, 1.807) is 79.7 Å². The van der Waals surface area contributed by atoms with Gasteiger partial charge in [-0.15, -0.1) is 0 Å². The molecule has 34 heavy (non-hydrogen) atoms. The van der Waals surface area contributed by atoms with Crippen LogP contribution < -0.4 is 15.0 Å². The lowest BCUT2D eigenvalue weighted by molar-refractivity contribution is -0.119. The third-order valence-corrected chi connectivity index (χ3v) is 6.58. The number of carbonyl (C=O) groups is 2. The van der Waals surface area contributed by atoms with E-state index in [0.717, 1.165) is 14.1 Å².